The van der Waals surface area contributed by atoms with Gasteiger partial charge in [-0.1, -0.05) is 11.5 Å². The van der Waals surface area contributed by atoms with E-state index < -0.39 is 0 Å². The highest BCUT2D eigenvalue weighted by Crippen LogP contribution is 2.12. The molecule has 0 saturated heterocycles. The van der Waals surface area contributed by atoms with E-state index in [0.717, 1.165) is 10.8 Å². The smallest absolute Gasteiger partial charge is 0.140 e. The van der Waals surface area contributed by atoms with Gasteiger partial charge in [-0.25, -0.2) is 0 Å². The first-order valence-electron chi connectivity index (χ1n) is 3.87. The van der Waals surface area contributed by atoms with E-state index in [1.807, 2.05) is 6.07 Å². The minimum absolute atomic E-state index is 0.345. The van der Waals surface area contributed by atoms with Crippen LogP contribution in [0.2, 0.25) is 0 Å². The Balaban J connectivity index is 2.89. The molecule has 0 unspecified atom stereocenters. The normalized spacial score (nSPS) is 10.5. The lowest BCUT2D eigenvalue weighted by Gasteiger charge is -2.05. The molecule has 1 aromatic carbocycles. The van der Waals surface area contributed by atoms with Crippen LogP contribution in [0.3, 0.4) is 0 Å². The fraction of sp³-hybridized carbons (Fsp3) is 0. The molecule has 0 amide bonds. The zero-order chi connectivity index (χ0) is 9.42. The topological polar surface area (TPSA) is 38.9 Å². The van der Waals surface area contributed by atoms with E-state index in [0.29, 0.717) is 16.7 Å². The van der Waals surface area contributed by atoms with E-state index in [1.165, 1.54) is 0 Å². The Morgan fingerprint density at radius 2 is 2.00 bits per heavy atom. The molecule has 0 atom stereocenters. The van der Waals surface area contributed by atoms with Crippen molar-refractivity contribution in [1.29, 1.82) is 0 Å². The molecule has 2 aromatic rings. The van der Waals surface area contributed by atoms with Gasteiger partial charge in [-0.3, -0.25) is 4.98 Å². The number of hydrogen-bond acceptors (Lipinski definition) is 2. The third-order valence-electron chi connectivity index (χ3n) is 1.99. The molecule has 0 aliphatic carbocycles. The van der Waals surface area contributed by atoms with Crippen molar-refractivity contribution in [3.8, 4) is 0 Å². The Hall–Kier alpha value is -1.44. The van der Waals surface area contributed by atoms with Crippen LogP contribution in [0.4, 0.5) is 5.69 Å². The van der Waals surface area contributed by atoms with Gasteiger partial charge in [-0.2, -0.15) is 0 Å². The van der Waals surface area contributed by atoms with Crippen LogP contribution in [0.15, 0.2) is 24.4 Å². The lowest BCUT2D eigenvalue weighted by Crippen LogP contribution is -2.29. The Kier molecular flexibility index (Phi) is 1.76. The molecule has 1 aromatic heterocycles. The quantitative estimate of drug-likeness (QED) is 0.417. The molecule has 2 nitrogen and oxygen atoms in total. The molecule has 0 bridgehead atoms. The first-order chi connectivity index (χ1) is 6.18. The molecule has 58 valence electrons. The molecule has 0 aliphatic heterocycles. The van der Waals surface area contributed by atoms with E-state index in [1.54, 1.807) is 18.3 Å². The molecule has 4 radical (unpaired) electrons. The second-order valence-corrected chi connectivity index (χ2v) is 2.90. The lowest BCUT2D eigenvalue weighted by molar-refractivity contribution is 1.44. The number of nitrogen functional groups attached to an aromatic ring is 1. The Morgan fingerprint density at radius 3 is 2.77 bits per heavy atom. The van der Waals surface area contributed by atoms with Crippen molar-refractivity contribution in [3.63, 3.8) is 0 Å². The minimum Gasteiger partial charge on any atom is -0.399 e. The first kappa shape index (κ1) is 8.17. The first-order valence-corrected chi connectivity index (χ1v) is 3.87. The van der Waals surface area contributed by atoms with Gasteiger partial charge >= 0.3 is 0 Å². The van der Waals surface area contributed by atoms with Crippen LogP contribution in [-0.4, -0.2) is 20.7 Å². The van der Waals surface area contributed by atoms with E-state index in [4.69, 9.17) is 21.4 Å². The number of aromatic nitrogens is 1. The molecule has 1 heterocycles. The maximum atomic E-state index is 5.74. The number of rotatable bonds is 0. The van der Waals surface area contributed by atoms with Crippen LogP contribution in [0, 0.1) is 0 Å². The van der Waals surface area contributed by atoms with Crippen LogP contribution in [-0.2, 0) is 0 Å². The Bertz CT molecular complexity index is 463. The maximum Gasteiger partial charge on any atom is 0.140 e. The summed E-state index contributed by atoms with van der Waals surface area (Å²) in [6, 6.07) is 5.47. The van der Waals surface area contributed by atoms with Crippen molar-refractivity contribution in [2.24, 2.45) is 0 Å². The van der Waals surface area contributed by atoms with Crippen molar-refractivity contribution in [2.75, 3.05) is 5.73 Å². The molecule has 13 heavy (non-hydrogen) atoms. The van der Waals surface area contributed by atoms with Gasteiger partial charge in [-0.05, 0) is 28.5 Å². The summed E-state index contributed by atoms with van der Waals surface area (Å²) in [5, 5.41) is 1.80. The van der Waals surface area contributed by atoms with Gasteiger partial charge in [0.25, 0.3) is 0 Å². The molecule has 0 saturated carbocycles. The van der Waals surface area contributed by atoms with E-state index in [9.17, 15) is 0 Å². The summed E-state index contributed by atoms with van der Waals surface area (Å²) < 4.78 is 0. The second-order valence-electron chi connectivity index (χ2n) is 2.90. The SMILES string of the molecule is [B]c1ncc2ccc(N)cc2c1[B]. The molecule has 0 fully saturated rings. The predicted molar refractivity (Wildman–Crippen MR) is 56.9 cm³/mol. The Labute approximate surface area is 79.0 Å². The standard InChI is InChI=1S/C9H6B2N2/c10-8-7-3-6(12)2-1-5(7)4-13-9(8)11/h1-4H,12H2. The minimum atomic E-state index is 0.345. The third kappa shape index (κ3) is 1.28. The predicted octanol–water partition coefficient (Wildman–Crippen LogP) is -0.595. The van der Waals surface area contributed by atoms with Gasteiger partial charge in [0.15, 0.2) is 0 Å². The maximum absolute atomic E-state index is 5.74. The average Bonchev–Trinajstić information content (AvgIpc) is 2.12. The average molecular weight is 164 g/mol. The van der Waals surface area contributed by atoms with Gasteiger partial charge in [-0.15, -0.1) is 0 Å². The fourth-order valence-electron chi connectivity index (χ4n) is 1.27. The van der Waals surface area contributed by atoms with Gasteiger partial charge < -0.3 is 5.73 Å². The summed E-state index contributed by atoms with van der Waals surface area (Å²) >= 11 is 0. The number of fused-ring (bicyclic) bond motifs is 1. The summed E-state index contributed by atoms with van der Waals surface area (Å²) in [7, 11) is 11.3. The third-order valence-corrected chi connectivity index (χ3v) is 1.99. The number of benzene rings is 1. The number of nitrogens with two attached hydrogens (primary N) is 1. The van der Waals surface area contributed by atoms with Crippen molar-refractivity contribution in [1.82, 2.24) is 4.98 Å². The lowest BCUT2D eigenvalue weighted by atomic mass is 9.82. The molecular weight excluding hydrogens is 158 g/mol. The molecular formula is C9H6B2N2. The van der Waals surface area contributed by atoms with Gasteiger partial charge in [0.05, 0.1) is 0 Å². The summed E-state index contributed by atoms with van der Waals surface area (Å²) in [6.07, 6.45) is 1.68. The van der Waals surface area contributed by atoms with Crippen molar-refractivity contribution in [3.05, 3.63) is 24.4 Å². The van der Waals surface area contributed by atoms with Gasteiger partial charge in [0.1, 0.15) is 15.7 Å². The summed E-state index contributed by atoms with van der Waals surface area (Å²) in [4.78, 5) is 3.95. The highest BCUT2D eigenvalue weighted by atomic mass is 14.6. The molecule has 0 spiro atoms. The van der Waals surface area contributed by atoms with E-state index >= 15 is 0 Å². The second kappa shape index (κ2) is 2.80. The van der Waals surface area contributed by atoms with Crippen LogP contribution >= 0.6 is 0 Å². The van der Waals surface area contributed by atoms with E-state index in [2.05, 4.69) is 4.98 Å². The molecule has 2 N–H and O–H groups in total. The van der Waals surface area contributed by atoms with Gasteiger partial charge in [0, 0.05) is 11.9 Å². The van der Waals surface area contributed by atoms with Crippen molar-refractivity contribution in [2.45, 2.75) is 0 Å². The molecule has 0 aliphatic rings. The molecule has 2 rings (SSSR count). The van der Waals surface area contributed by atoms with Crippen LogP contribution in [0.25, 0.3) is 10.8 Å². The van der Waals surface area contributed by atoms with Crippen molar-refractivity contribution < 1.29 is 0 Å². The van der Waals surface area contributed by atoms with Crippen molar-refractivity contribution >= 4 is 43.2 Å². The van der Waals surface area contributed by atoms with Crippen LogP contribution in [0.1, 0.15) is 0 Å². The molecule has 4 heteroatoms. The van der Waals surface area contributed by atoms with E-state index in [-0.39, 0.29) is 0 Å². The fourth-order valence-corrected chi connectivity index (χ4v) is 1.27. The summed E-state index contributed by atoms with van der Waals surface area (Å²) in [5.74, 6) is 0. The highest BCUT2D eigenvalue weighted by Gasteiger charge is 2.00. The van der Waals surface area contributed by atoms with Crippen LogP contribution in [0.5, 0.6) is 0 Å². The van der Waals surface area contributed by atoms with Crippen LogP contribution < -0.4 is 16.8 Å². The van der Waals surface area contributed by atoms with Gasteiger partial charge in [0.2, 0.25) is 0 Å². The zero-order valence-electron chi connectivity index (χ0n) is 6.99. The largest absolute Gasteiger partial charge is 0.399 e. The highest BCUT2D eigenvalue weighted by molar-refractivity contribution is 6.51. The number of pyridine rings is 1. The summed E-state index contributed by atoms with van der Waals surface area (Å²) in [5.41, 5.74) is 7.13. The Morgan fingerprint density at radius 1 is 1.23 bits per heavy atom. The number of hydrogen-bond donors (Lipinski definition) is 1. The number of nitrogens with zero attached hydrogens (tertiary/aromatic N) is 1. The monoisotopic (exact) mass is 164 g/mol. The zero-order valence-corrected chi connectivity index (χ0v) is 6.99. The number of anilines is 1. The summed E-state index contributed by atoms with van der Waals surface area (Å²) in [6.45, 7) is 0.